The Labute approximate surface area is 114 Å². The van der Waals surface area contributed by atoms with Crippen LogP contribution < -0.4 is 16.8 Å². The molecule has 6 heteroatoms. The zero-order valence-corrected chi connectivity index (χ0v) is 12.0. The minimum Gasteiger partial charge on any atom is -0.444 e. The lowest BCUT2D eigenvalue weighted by Gasteiger charge is -2.34. The molecule has 0 radical (unpaired) electrons. The van der Waals surface area contributed by atoms with Crippen LogP contribution in [0.3, 0.4) is 0 Å². The molecule has 0 heterocycles. The molecule has 1 aliphatic rings. The predicted molar refractivity (Wildman–Crippen MR) is 75.3 cm³/mol. The van der Waals surface area contributed by atoms with E-state index in [1.54, 1.807) is 0 Å². The highest BCUT2D eigenvalue weighted by atomic mass is 32.1. The van der Waals surface area contributed by atoms with Gasteiger partial charge in [0.2, 0.25) is 0 Å². The van der Waals surface area contributed by atoms with E-state index in [-0.39, 0.29) is 18.0 Å². The summed E-state index contributed by atoms with van der Waals surface area (Å²) in [5.41, 5.74) is 11.1. The zero-order valence-electron chi connectivity index (χ0n) is 11.2. The molecule has 0 aliphatic heterocycles. The Morgan fingerprint density at radius 1 is 1.39 bits per heavy atom. The summed E-state index contributed by atoms with van der Waals surface area (Å²) in [6.07, 6.45) is 1.95. The highest BCUT2D eigenvalue weighted by molar-refractivity contribution is 7.80. The van der Waals surface area contributed by atoms with Gasteiger partial charge in [-0.05, 0) is 40.0 Å². The number of alkyl carbamates (subject to hydrolysis) is 1. The average Bonchev–Trinajstić information content (AvgIpc) is 2.18. The van der Waals surface area contributed by atoms with Crippen molar-refractivity contribution in [1.82, 2.24) is 5.32 Å². The quantitative estimate of drug-likeness (QED) is 0.660. The molecule has 1 saturated carbocycles. The minimum atomic E-state index is -0.509. The molecular formula is C12H23N3O2S. The molecule has 0 spiro atoms. The van der Waals surface area contributed by atoms with E-state index in [2.05, 4.69) is 5.32 Å². The van der Waals surface area contributed by atoms with Gasteiger partial charge in [0.1, 0.15) is 5.60 Å². The molecule has 1 amide bonds. The van der Waals surface area contributed by atoms with Gasteiger partial charge in [-0.2, -0.15) is 0 Å². The number of carbonyl (C=O) groups is 1. The van der Waals surface area contributed by atoms with Crippen LogP contribution in [0.4, 0.5) is 4.79 Å². The Kier molecular flexibility index (Phi) is 4.92. The fourth-order valence-corrected chi connectivity index (χ4v) is 2.29. The topological polar surface area (TPSA) is 90.4 Å². The molecular weight excluding hydrogens is 250 g/mol. The van der Waals surface area contributed by atoms with Gasteiger partial charge in [-0.3, -0.25) is 0 Å². The molecule has 3 atom stereocenters. The molecule has 0 saturated heterocycles. The summed E-state index contributed by atoms with van der Waals surface area (Å²) in [7, 11) is 0. The molecule has 5 nitrogen and oxygen atoms in total. The second-order valence-corrected chi connectivity index (χ2v) is 6.30. The van der Waals surface area contributed by atoms with E-state index in [0.29, 0.717) is 11.4 Å². The third kappa shape index (κ3) is 4.78. The van der Waals surface area contributed by atoms with Gasteiger partial charge in [0.05, 0.1) is 4.99 Å². The summed E-state index contributed by atoms with van der Waals surface area (Å²) in [6.45, 7) is 5.47. The first-order valence-electron chi connectivity index (χ1n) is 6.23. The molecule has 18 heavy (non-hydrogen) atoms. The molecule has 0 aromatic rings. The van der Waals surface area contributed by atoms with Gasteiger partial charge in [0.15, 0.2) is 0 Å². The van der Waals surface area contributed by atoms with Crippen molar-refractivity contribution in [3.05, 3.63) is 0 Å². The van der Waals surface area contributed by atoms with Gasteiger partial charge in [-0.15, -0.1) is 0 Å². The van der Waals surface area contributed by atoms with Crippen molar-refractivity contribution in [2.45, 2.75) is 57.7 Å². The number of ether oxygens (including phenoxy) is 1. The van der Waals surface area contributed by atoms with Crippen molar-refractivity contribution in [3.63, 3.8) is 0 Å². The molecule has 1 fully saturated rings. The van der Waals surface area contributed by atoms with Crippen LogP contribution >= 0.6 is 12.2 Å². The highest BCUT2D eigenvalue weighted by Gasteiger charge is 2.31. The third-order valence-corrected chi connectivity index (χ3v) is 3.34. The van der Waals surface area contributed by atoms with Gasteiger partial charge in [-0.25, -0.2) is 4.79 Å². The van der Waals surface area contributed by atoms with E-state index in [0.717, 1.165) is 12.8 Å². The Morgan fingerprint density at radius 3 is 2.50 bits per heavy atom. The first kappa shape index (κ1) is 15.2. The van der Waals surface area contributed by atoms with Gasteiger partial charge >= 0.3 is 6.09 Å². The Bertz CT molecular complexity index is 328. The summed E-state index contributed by atoms with van der Waals surface area (Å²) in [5.74, 6) is 0.153. The smallest absolute Gasteiger partial charge is 0.407 e. The summed E-state index contributed by atoms with van der Waals surface area (Å²) < 4.78 is 5.21. The van der Waals surface area contributed by atoms with Crippen LogP contribution in [0.5, 0.6) is 0 Å². The van der Waals surface area contributed by atoms with Gasteiger partial charge in [-0.1, -0.05) is 12.2 Å². The number of nitrogens with one attached hydrogen (secondary N) is 1. The predicted octanol–water partition coefficient (Wildman–Crippen LogP) is 1.29. The minimum absolute atomic E-state index is 0.0666. The summed E-state index contributed by atoms with van der Waals surface area (Å²) in [6, 6.07) is -0.191. The van der Waals surface area contributed by atoms with E-state index in [1.165, 1.54) is 0 Å². The SMILES string of the molecule is CC(C)(C)OC(=O)N[C@@H]1C[C@@H](C(N)=S)CC[C@@H]1N. The number of hydrogen-bond donors (Lipinski definition) is 3. The lowest BCUT2D eigenvalue weighted by Crippen LogP contribution is -2.53. The van der Waals surface area contributed by atoms with E-state index < -0.39 is 11.7 Å². The maximum atomic E-state index is 11.7. The van der Waals surface area contributed by atoms with Crippen LogP contribution in [0.1, 0.15) is 40.0 Å². The van der Waals surface area contributed by atoms with Crippen molar-refractivity contribution < 1.29 is 9.53 Å². The van der Waals surface area contributed by atoms with E-state index >= 15 is 0 Å². The number of amides is 1. The molecule has 1 rings (SSSR count). The maximum absolute atomic E-state index is 11.7. The fraction of sp³-hybridized carbons (Fsp3) is 0.833. The van der Waals surface area contributed by atoms with E-state index in [1.807, 2.05) is 20.8 Å². The number of thiocarbonyl (C=S) groups is 1. The third-order valence-electron chi connectivity index (χ3n) is 3.01. The van der Waals surface area contributed by atoms with Gasteiger partial charge < -0.3 is 21.5 Å². The molecule has 0 bridgehead atoms. The highest BCUT2D eigenvalue weighted by Crippen LogP contribution is 2.24. The largest absolute Gasteiger partial charge is 0.444 e. The zero-order chi connectivity index (χ0) is 13.9. The molecule has 104 valence electrons. The van der Waals surface area contributed by atoms with Crippen LogP contribution in [0.15, 0.2) is 0 Å². The van der Waals surface area contributed by atoms with Crippen molar-refractivity contribution >= 4 is 23.3 Å². The van der Waals surface area contributed by atoms with Gasteiger partial charge in [0, 0.05) is 18.0 Å². The second-order valence-electron chi connectivity index (χ2n) is 5.83. The standard InChI is InChI=1S/C12H23N3O2S/c1-12(2,3)17-11(16)15-9-6-7(10(14)18)4-5-8(9)13/h7-9H,4-6,13H2,1-3H3,(H2,14,18)(H,15,16)/t7-,8-,9+/m0/s1. The Hall–Kier alpha value is -0.880. The second kappa shape index (κ2) is 5.84. The maximum Gasteiger partial charge on any atom is 0.407 e. The molecule has 5 N–H and O–H groups in total. The van der Waals surface area contributed by atoms with E-state index in [9.17, 15) is 4.79 Å². The monoisotopic (exact) mass is 273 g/mol. The number of rotatable bonds is 2. The van der Waals surface area contributed by atoms with Crippen LogP contribution in [-0.2, 0) is 4.74 Å². The lowest BCUT2D eigenvalue weighted by molar-refractivity contribution is 0.0481. The number of carbonyl (C=O) groups excluding carboxylic acids is 1. The van der Waals surface area contributed by atoms with Crippen molar-refractivity contribution in [2.75, 3.05) is 0 Å². The first-order valence-corrected chi connectivity index (χ1v) is 6.64. The van der Waals surface area contributed by atoms with Crippen molar-refractivity contribution in [2.24, 2.45) is 17.4 Å². The summed E-state index contributed by atoms with van der Waals surface area (Å²) in [5, 5.41) is 2.81. The van der Waals surface area contributed by atoms with Crippen LogP contribution in [0.2, 0.25) is 0 Å². The fourth-order valence-electron chi connectivity index (χ4n) is 2.08. The van der Waals surface area contributed by atoms with Crippen LogP contribution in [-0.4, -0.2) is 28.8 Å². The molecule has 0 aromatic heterocycles. The summed E-state index contributed by atoms with van der Waals surface area (Å²) in [4.78, 5) is 12.2. The number of hydrogen-bond acceptors (Lipinski definition) is 4. The molecule has 0 unspecified atom stereocenters. The molecule has 1 aliphatic carbocycles. The van der Waals surface area contributed by atoms with Gasteiger partial charge in [0.25, 0.3) is 0 Å². The lowest BCUT2D eigenvalue weighted by atomic mass is 9.83. The average molecular weight is 273 g/mol. The Balaban J connectivity index is 2.53. The Morgan fingerprint density at radius 2 is 2.00 bits per heavy atom. The van der Waals surface area contributed by atoms with Crippen LogP contribution in [0.25, 0.3) is 0 Å². The summed E-state index contributed by atoms with van der Waals surface area (Å²) >= 11 is 5.00. The van der Waals surface area contributed by atoms with Crippen molar-refractivity contribution in [3.8, 4) is 0 Å². The van der Waals surface area contributed by atoms with E-state index in [4.69, 9.17) is 28.4 Å². The number of nitrogens with two attached hydrogens (primary N) is 2. The first-order chi connectivity index (χ1) is 8.19. The normalized spacial score (nSPS) is 28.6. The van der Waals surface area contributed by atoms with Crippen LogP contribution in [0, 0.1) is 5.92 Å². The molecule has 0 aromatic carbocycles. The van der Waals surface area contributed by atoms with Crippen molar-refractivity contribution in [1.29, 1.82) is 0 Å².